The molecule has 21 heavy (non-hydrogen) atoms. The van der Waals surface area contributed by atoms with E-state index in [0.717, 1.165) is 11.3 Å². The van der Waals surface area contributed by atoms with E-state index in [0.29, 0.717) is 22.9 Å². The van der Waals surface area contributed by atoms with Crippen molar-refractivity contribution in [1.82, 2.24) is 14.8 Å². The summed E-state index contributed by atoms with van der Waals surface area (Å²) in [4.78, 5) is 25.5. The molecule has 0 aliphatic carbocycles. The lowest BCUT2D eigenvalue weighted by Gasteiger charge is -2.10. The molecule has 0 radical (unpaired) electrons. The Hall–Kier alpha value is -2.15. The van der Waals surface area contributed by atoms with Gasteiger partial charge in [-0.1, -0.05) is 11.8 Å². The Morgan fingerprint density at radius 2 is 2.19 bits per heavy atom. The number of fused-ring (bicyclic) bond motifs is 1. The first kappa shape index (κ1) is 13.8. The van der Waals surface area contributed by atoms with Gasteiger partial charge in [0.15, 0.2) is 10.9 Å². The molecule has 1 aromatic heterocycles. The number of ketones is 1. The van der Waals surface area contributed by atoms with E-state index in [2.05, 4.69) is 10.2 Å². The lowest BCUT2D eigenvalue weighted by Crippen LogP contribution is -2.20. The van der Waals surface area contributed by atoms with Crippen molar-refractivity contribution in [1.29, 1.82) is 0 Å². The van der Waals surface area contributed by atoms with Crippen LogP contribution in [0.4, 0.5) is 5.69 Å². The normalized spacial score (nSPS) is 13.6. The Morgan fingerprint density at radius 3 is 2.90 bits per heavy atom. The number of likely N-dealkylation sites (N-methyl/N-ethyl adjacent to an activating group) is 1. The number of hydrogen-bond acceptors (Lipinski definition) is 5. The maximum atomic E-state index is 12.2. The molecule has 0 N–H and O–H groups in total. The van der Waals surface area contributed by atoms with Crippen LogP contribution in [0.1, 0.15) is 15.9 Å². The number of rotatable bonds is 4. The second-order valence-corrected chi connectivity index (χ2v) is 5.85. The van der Waals surface area contributed by atoms with Gasteiger partial charge in [-0.25, -0.2) is 0 Å². The highest BCUT2D eigenvalue weighted by Gasteiger charge is 2.24. The Balaban J connectivity index is 1.73. The lowest BCUT2D eigenvalue weighted by atomic mass is 10.1. The zero-order valence-electron chi connectivity index (χ0n) is 11.7. The molecule has 0 fully saturated rings. The van der Waals surface area contributed by atoms with Crippen molar-refractivity contribution < 1.29 is 9.59 Å². The first-order valence-corrected chi connectivity index (χ1v) is 7.44. The average Bonchev–Trinajstić information content (AvgIpc) is 3.00. The second-order valence-electron chi connectivity index (χ2n) is 4.91. The van der Waals surface area contributed by atoms with Gasteiger partial charge in [0.1, 0.15) is 6.33 Å². The quantitative estimate of drug-likeness (QED) is 0.629. The summed E-state index contributed by atoms with van der Waals surface area (Å²) in [5, 5.41) is 8.41. The topological polar surface area (TPSA) is 68.1 Å². The third kappa shape index (κ3) is 2.56. The van der Waals surface area contributed by atoms with Crippen molar-refractivity contribution in [2.45, 2.75) is 11.6 Å². The average molecular weight is 302 g/mol. The molecule has 2 heterocycles. The van der Waals surface area contributed by atoms with Gasteiger partial charge in [-0.3, -0.25) is 9.59 Å². The number of aryl methyl sites for hydroxylation is 1. The molecule has 1 aliphatic rings. The van der Waals surface area contributed by atoms with Gasteiger partial charge >= 0.3 is 0 Å². The van der Waals surface area contributed by atoms with Crippen LogP contribution in [0.15, 0.2) is 29.7 Å². The number of carbonyl (C=O) groups is 2. The summed E-state index contributed by atoms with van der Waals surface area (Å²) in [5.74, 6) is 0.380. The van der Waals surface area contributed by atoms with E-state index >= 15 is 0 Å². The standard InChI is InChI=1S/C14H14N4O2S/c1-17-8-15-16-14(17)21-7-12(19)9-3-4-11-10(5-9)6-13(20)18(11)2/h3-5,8H,6-7H2,1-2H3. The van der Waals surface area contributed by atoms with Crippen LogP contribution in [0.25, 0.3) is 0 Å². The SMILES string of the molecule is CN1C(=O)Cc2cc(C(=O)CSc3nncn3C)ccc21. The van der Waals surface area contributed by atoms with Crippen LogP contribution in [-0.4, -0.2) is 39.3 Å². The monoisotopic (exact) mass is 302 g/mol. The predicted octanol–water partition coefficient (Wildman–Crippen LogP) is 1.31. The van der Waals surface area contributed by atoms with Crippen LogP contribution in [0.5, 0.6) is 0 Å². The van der Waals surface area contributed by atoms with E-state index in [1.54, 1.807) is 28.9 Å². The van der Waals surface area contributed by atoms with Gasteiger partial charge < -0.3 is 9.47 Å². The third-order valence-electron chi connectivity index (χ3n) is 3.48. The minimum absolute atomic E-state index is 0.0211. The van der Waals surface area contributed by atoms with Gasteiger partial charge in [0, 0.05) is 25.3 Å². The van der Waals surface area contributed by atoms with E-state index in [4.69, 9.17) is 0 Å². The number of Topliss-reactive ketones (excluding diaryl/α,β-unsaturated/α-hetero) is 1. The highest BCUT2D eigenvalue weighted by atomic mass is 32.2. The molecule has 0 atom stereocenters. The van der Waals surface area contributed by atoms with Crippen molar-refractivity contribution in [3.05, 3.63) is 35.7 Å². The number of aromatic nitrogens is 3. The second kappa shape index (κ2) is 5.33. The number of anilines is 1. The number of hydrogen-bond donors (Lipinski definition) is 0. The molecular formula is C14H14N4O2S. The van der Waals surface area contributed by atoms with Gasteiger partial charge in [0.2, 0.25) is 5.91 Å². The minimum Gasteiger partial charge on any atom is -0.315 e. The number of carbonyl (C=O) groups excluding carboxylic acids is 2. The molecule has 1 aliphatic heterocycles. The van der Waals surface area contributed by atoms with Crippen molar-refractivity contribution in [3.8, 4) is 0 Å². The Kier molecular flexibility index (Phi) is 3.50. The summed E-state index contributed by atoms with van der Waals surface area (Å²) in [6, 6.07) is 5.42. The number of benzene rings is 1. The molecule has 3 rings (SSSR count). The van der Waals surface area contributed by atoms with E-state index in [1.807, 2.05) is 19.2 Å². The van der Waals surface area contributed by atoms with Crippen LogP contribution >= 0.6 is 11.8 Å². The highest BCUT2D eigenvalue weighted by molar-refractivity contribution is 7.99. The van der Waals surface area contributed by atoms with Gasteiger partial charge in [0.25, 0.3) is 0 Å². The Labute approximate surface area is 126 Å². The maximum absolute atomic E-state index is 12.2. The largest absolute Gasteiger partial charge is 0.315 e. The number of thioether (sulfide) groups is 1. The summed E-state index contributed by atoms with van der Waals surface area (Å²) < 4.78 is 1.77. The molecule has 0 unspecified atom stereocenters. The van der Waals surface area contributed by atoms with Crippen LogP contribution in [0.2, 0.25) is 0 Å². The molecule has 0 saturated carbocycles. The number of nitrogens with zero attached hydrogens (tertiary/aromatic N) is 4. The third-order valence-corrected chi connectivity index (χ3v) is 4.52. The van der Waals surface area contributed by atoms with Crippen LogP contribution in [-0.2, 0) is 18.3 Å². The first-order chi connectivity index (χ1) is 10.1. The van der Waals surface area contributed by atoms with Crippen molar-refractivity contribution in [2.24, 2.45) is 7.05 Å². The number of amides is 1. The molecule has 1 aromatic carbocycles. The van der Waals surface area contributed by atoms with E-state index < -0.39 is 0 Å². The van der Waals surface area contributed by atoms with E-state index in [9.17, 15) is 9.59 Å². The first-order valence-electron chi connectivity index (χ1n) is 6.45. The van der Waals surface area contributed by atoms with Crippen molar-refractivity contribution >= 4 is 29.1 Å². The fourth-order valence-corrected chi connectivity index (χ4v) is 3.04. The summed E-state index contributed by atoms with van der Waals surface area (Å²) in [6.07, 6.45) is 1.97. The molecule has 1 amide bonds. The maximum Gasteiger partial charge on any atom is 0.231 e. The fourth-order valence-electron chi connectivity index (χ4n) is 2.26. The predicted molar refractivity (Wildman–Crippen MR) is 79.6 cm³/mol. The Morgan fingerprint density at radius 1 is 1.38 bits per heavy atom. The van der Waals surface area contributed by atoms with Crippen molar-refractivity contribution in [2.75, 3.05) is 17.7 Å². The summed E-state index contributed by atoms with van der Waals surface area (Å²) in [6.45, 7) is 0. The van der Waals surface area contributed by atoms with Crippen LogP contribution < -0.4 is 4.90 Å². The van der Waals surface area contributed by atoms with Gasteiger partial charge in [-0.05, 0) is 23.8 Å². The fraction of sp³-hybridized carbons (Fsp3) is 0.286. The van der Waals surface area contributed by atoms with E-state index in [1.165, 1.54) is 11.8 Å². The van der Waals surface area contributed by atoms with Crippen LogP contribution in [0, 0.1) is 0 Å². The highest BCUT2D eigenvalue weighted by Crippen LogP contribution is 2.29. The minimum atomic E-state index is 0.0211. The molecule has 0 spiro atoms. The molecule has 0 bridgehead atoms. The van der Waals surface area contributed by atoms with Gasteiger partial charge in [-0.2, -0.15) is 0 Å². The molecular weight excluding hydrogens is 288 g/mol. The molecule has 6 nitrogen and oxygen atoms in total. The molecule has 2 aromatic rings. The van der Waals surface area contributed by atoms with Gasteiger partial charge in [0.05, 0.1) is 12.2 Å². The summed E-state index contributed by atoms with van der Waals surface area (Å²) in [5.41, 5.74) is 2.43. The Bertz CT molecular complexity index is 726. The summed E-state index contributed by atoms with van der Waals surface area (Å²) in [7, 11) is 3.59. The molecule has 7 heteroatoms. The lowest BCUT2D eigenvalue weighted by molar-refractivity contribution is -0.117. The zero-order chi connectivity index (χ0) is 15.0. The zero-order valence-corrected chi connectivity index (χ0v) is 12.6. The molecule has 108 valence electrons. The van der Waals surface area contributed by atoms with Crippen molar-refractivity contribution in [3.63, 3.8) is 0 Å². The van der Waals surface area contributed by atoms with Gasteiger partial charge in [-0.15, -0.1) is 10.2 Å². The smallest absolute Gasteiger partial charge is 0.231 e. The van der Waals surface area contributed by atoms with E-state index in [-0.39, 0.29) is 11.7 Å². The van der Waals surface area contributed by atoms with Crippen LogP contribution in [0.3, 0.4) is 0 Å². The summed E-state index contributed by atoms with van der Waals surface area (Å²) >= 11 is 1.35. The molecule has 0 saturated heterocycles.